The van der Waals surface area contributed by atoms with Gasteiger partial charge in [0.05, 0.1) is 18.4 Å². The highest BCUT2D eigenvalue weighted by Crippen LogP contribution is 2.24. The number of aryl methyl sites for hydroxylation is 1. The highest BCUT2D eigenvalue weighted by molar-refractivity contribution is 7.09. The summed E-state index contributed by atoms with van der Waals surface area (Å²) < 4.78 is 1.83. The number of aliphatic carboxylic acids is 1. The monoisotopic (exact) mass is 440 g/mol. The Kier molecular flexibility index (Phi) is 7.25. The molecular formula is C23H24N2O5S. The molecule has 0 spiro atoms. The van der Waals surface area contributed by atoms with Crippen molar-refractivity contribution in [1.82, 2.24) is 9.55 Å². The lowest BCUT2D eigenvalue weighted by Gasteiger charge is -2.14. The fourth-order valence-corrected chi connectivity index (χ4v) is 4.09. The number of imidazole rings is 1. The third-order valence-electron chi connectivity index (χ3n) is 4.94. The normalized spacial score (nSPS) is 11.6. The van der Waals surface area contributed by atoms with Crippen LogP contribution in [-0.4, -0.2) is 36.8 Å². The van der Waals surface area contributed by atoms with Gasteiger partial charge in [-0.3, -0.25) is 0 Å². The van der Waals surface area contributed by atoms with E-state index in [1.807, 2.05) is 22.1 Å². The molecule has 0 aliphatic carbocycles. The maximum Gasteiger partial charge on any atom is 0.339 e. The van der Waals surface area contributed by atoms with Crippen molar-refractivity contribution >= 4 is 29.4 Å². The molecule has 0 atom stereocenters. The molecule has 7 nitrogen and oxygen atoms in total. The first-order valence-corrected chi connectivity index (χ1v) is 10.8. The maximum atomic E-state index is 11.9. The van der Waals surface area contributed by atoms with E-state index in [9.17, 15) is 24.9 Å². The highest BCUT2D eigenvalue weighted by Gasteiger charge is 2.19. The fourth-order valence-electron chi connectivity index (χ4n) is 3.36. The summed E-state index contributed by atoms with van der Waals surface area (Å²) in [6.45, 7) is 2.22. The van der Waals surface area contributed by atoms with E-state index in [1.165, 1.54) is 17.4 Å². The first-order valence-electron chi connectivity index (χ1n) is 9.95. The van der Waals surface area contributed by atoms with Gasteiger partial charge in [-0.2, -0.15) is 0 Å². The summed E-state index contributed by atoms with van der Waals surface area (Å²) in [7, 11) is 0. The first-order chi connectivity index (χ1) is 14.9. The average Bonchev–Trinajstić information content (AvgIpc) is 3.36. The number of carbonyl (C=O) groups is 2. The highest BCUT2D eigenvalue weighted by atomic mass is 32.1. The summed E-state index contributed by atoms with van der Waals surface area (Å²) >= 11 is 1.49. The van der Waals surface area contributed by atoms with Crippen molar-refractivity contribution in [3.05, 3.63) is 75.0 Å². The molecule has 8 heteroatoms. The van der Waals surface area contributed by atoms with Crippen LogP contribution in [0.2, 0.25) is 0 Å². The maximum absolute atomic E-state index is 11.9. The molecular weight excluding hydrogens is 416 g/mol. The Balaban J connectivity index is 2.05. The number of nitrogens with zero attached hydrogens (tertiary/aromatic N) is 2. The largest absolute Gasteiger partial charge is 0.507 e. The van der Waals surface area contributed by atoms with Gasteiger partial charge < -0.3 is 19.9 Å². The number of carboxylic acid groups (broad SMARTS) is 2. The van der Waals surface area contributed by atoms with Crippen molar-refractivity contribution < 1.29 is 24.9 Å². The molecule has 31 heavy (non-hydrogen) atoms. The van der Waals surface area contributed by atoms with Gasteiger partial charge in [-0.1, -0.05) is 31.5 Å². The molecule has 3 rings (SSSR count). The molecule has 0 aliphatic heterocycles. The number of carboxylic acids is 2. The Labute approximate surface area is 183 Å². The third kappa shape index (κ3) is 5.40. The van der Waals surface area contributed by atoms with Crippen LogP contribution < -0.4 is 0 Å². The van der Waals surface area contributed by atoms with E-state index in [-0.39, 0.29) is 29.9 Å². The van der Waals surface area contributed by atoms with Crippen LogP contribution in [0, 0.1) is 0 Å². The quantitative estimate of drug-likeness (QED) is 0.402. The zero-order valence-electron chi connectivity index (χ0n) is 17.1. The van der Waals surface area contributed by atoms with E-state index in [0.29, 0.717) is 17.7 Å². The molecule has 0 aliphatic rings. The average molecular weight is 441 g/mol. The lowest BCUT2D eigenvalue weighted by Crippen LogP contribution is -2.12. The molecule has 0 unspecified atom stereocenters. The van der Waals surface area contributed by atoms with E-state index in [2.05, 4.69) is 11.9 Å². The SMILES string of the molecule is CCCCc1ncc(C=C(Cc2cccs2)C(=O)O)n1Cc1cccc(O)c1C(=O)O. The number of unbranched alkanes of at least 4 members (excludes halogenated alkanes) is 1. The van der Waals surface area contributed by atoms with Gasteiger partial charge in [0.25, 0.3) is 0 Å². The van der Waals surface area contributed by atoms with Gasteiger partial charge >= 0.3 is 11.9 Å². The molecule has 0 saturated carbocycles. The number of hydrogen-bond donors (Lipinski definition) is 3. The molecule has 0 amide bonds. The van der Waals surface area contributed by atoms with Gasteiger partial charge in [-0.05, 0) is 35.6 Å². The Bertz CT molecular complexity index is 1100. The number of aromatic nitrogens is 2. The topological polar surface area (TPSA) is 113 Å². The standard InChI is InChI=1S/C23H24N2O5S/c1-2-3-9-20-24-13-17(11-16(22(27)28)12-18-7-5-10-31-18)25(20)14-15-6-4-8-19(26)21(15)23(29)30/h4-8,10-11,13,26H,2-3,9,12,14H2,1H3,(H,27,28)(H,29,30). The number of thiophene rings is 1. The van der Waals surface area contributed by atoms with E-state index >= 15 is 0 Å². The summed E-state index contributed by atoms with van der Waals surface area (Å²) in [6, 6.07) is 8.33. The van der Waals surface area contributed by atoms with Crippen LogP contribution in [0.3, 0.4) is 0 Å². The zero-order chi connectivity index (χ0) is 22.4. The van der Waals surface area contributed by atoms with Crippen molar-refractivity contribution in [2.45, 2.75) is 39.2 Å². The number of hydrogen-bond acceptors (Lipinski definition) is 5. The van der Waals surface area contributed by atoms with Crippen LogP contribution >= 0.6 is 11.3 Å². The second-order valence-corrected chi connectivity index (χ2v) is 8.17. The first kappa shape index (κ1) is 22.3. The molecule has 3 aromatic rings. The Morgan fingerprint density at radius 2 is 2.00 bits per heavy atom. The van der Waals surface area contributed by atoms with E-state index in [1.54, 1.807) is 24.4 Å². The van der Waals surface area contributed by atoms with Crippen molar-refractivity contribution in [2.24, 2.45) is 0 Å². The van der Waals surface area contributed by atoms with Gasteiger partial charge in [-0.25, -0.2) is 14.6 Å². The van der Waals surface area contributed by atoms with E-state index in [0.717, 1.165) is 23.5 Å². The minimum Gasteiger partial charge on any atom is -0.507 e. The van der Waals surface area contributed by atoms with Crippen LogP contribution in [0.4, 0.5) is 0 Å². The van der Waals surface area contributed by atoms with Gasteiger partial charge in [0.1, 0.15) is 17.1 Å². The van der Waals surface area contributed by atoms with Crippen molar-refractivity contribution in [2.75, 3.05) is 0 Å². The van der Waals surface area contributed by atoms with E-state index in [4.69, 9.17) is 0 Å². The molecule has 0 bridgehead atoms. The van der Waals surface area contributed by atoms with Crippen LogP contribution in [-0.2, 0) is 24.2 Å². The van der Waals surface area contributed by atoms with Crippen molar-refractivity contribution in [3.8, 4) is 5.75 Å². The van der Waals surface area contributed by atoms with Gasteiger partial charge in [0.2, 0.25) is 0 Å². The van der Waals surface area contributed by atoms with Crippen molar-refractivity contribution in [1.29, 1.82) is 0 Å². The zero-order valence-corrected chi connectivity index (χ0v) is 17.9. The summed E-state index contributed by atoms with van der Waals surface area (Å²) in [5, 5.41) is 31.2. The van der Waals surface area contributed by atoms with Crippen LogP contribution in [0.5, 0.6) is 5.75 Å². The number of aromatic carboxylic acids is 1. The number of benzene rings is 1. The predicted molar refractivity (Wildman–Crippen MR) is 119 cm³/mol. The number of rotatable bonds is 10. The van der Waals surface area contributed by atoms with Gasteiger partial charge in [0.15, 0.2) is 0 Å². The summed E-state index contributed by atoms with van der Waals surface area (Å²) in [5.41, 5.74) is 1.07. The minimum atomic E-state index is -1.22. The number of aromatic hydroxyl groups is 1. The Hall–Kier alpha value is -3.39. The molecule has 2 heterocycles. The second-order valence-electron chi connectivity index (χ2n) is 7.14. The van der Waals surface area contributed by atoms with Crippen molar-refractivity contribution in [3.63, 3.8) is 0 Å². The van der Waals surface area contributed by atoms with E-state index < -0.39 is 11.9 Å². The molecule has 3 N–H and O–H groups in total. The van der Waals surface area contributed by atoms with Gasteiger partial charge in [-0.15, -0.1) is 11.3 Å². The summed E-state index contributed by atoms with van der Waals surface area (Å²) in [6.07, 6.45) is 6.03. The molecule has 0 radical (unpaired) electrons. The lowest BCUT2D eigenvalue weighted by atomic mass is 10.1. The van der Waals surface area contributed by atoms with Gasteiger partial charge in [0, 0.05) is 23.3 Å². The minimum absolute atomic E-state index is 0.160. The van der Waals surface area contributed by atoms with Crippen LogP contribution in [0.25, 0.3) is 6.08 Å². The lowest BCUT2D eigenvalue weighted by molar-refractivity contribution is -0.132. The fraction of sp³-hybridized carbons (Fsp3) is 0.261. The molecule has 1 aromatic carbocycles. The Morgan fingerprint density at radius 1 is 1.19 bits per heavy atom. The summed E-state index contributed by atoms with van der Waals surface area (Å²) in [5.74, 6) is -1.79. The molecule has 162 valence electrons. The smallest absolute Gasteiger partial charge is 0.339 e. The summed E-state index contributed by atoms with van der Waals surface area (Å²) in [4.78, 5) is 29.0. The van der Waals surface area contributed by atoms with Crippen LogP contribution in [0.15, 0.2) is 47.5 Å². The Morgan fingerprint density at radius 3 is 2.65 bits per heavy atom. The molecule has 2 aromatic heterocycles. The molecule has 0 saturated heterocycles. The number of phenols is 1. The third-order valence-corrected chi connectivity index (χ3v) is 5.81. The predicted octanol–water partition coefficient (Wildman–Crippen LogP) is 4.45. The second kappa shape index (κ2) is 10.1. The van der Waals surface area contributed by atoms with Crippen LogP contribution in [0.1, 0.15) is 52.1 Å². The molecule has 0 fully saturated rings.